The van der Waals surface area contributed by atoms with Gasteiger partial charge in [0.1, 0.15) is 0 Å². The minimum absolute atomic E-state index is 0.961. The highest BCUT2D eigenvalue weighted by atomic mass is 15.0. The normalized spacial score (nSPS) is 9.75. The molecule has 0 aliphatic rings. The van der Waals surface area contributed by atoms with Gasteiger partial charge in [-0.3, -0.25) is 0 Å². The van der Waals surface area contributed by atoms with E-state index in [-0.39, 0.29) is 0 Å². The van der Waals surface area contributed by atoms with Crippen LogP contribution >= 0.6 is 0 Å². The van der Waals surface area contributed by atoms with Crippen molar-refractivity contribution in [2.24, 2.45) is 7.05 Å². The van der Waals surface area contributed by atoms with Crippen LogP contribution in [0.2, 0.25) is 0 Å². The van der Waals surface area contributed by atoms with Gasteiger partial charge in [-0.2, -0.15) is 0 Å². The molecule has 0 saturated heterocycles. The summed E-state index contributed by atoms with van der Waals surface area (Å²) in [5.74, 6) is 0. The Bertz CT molecular complexity index is 284. The summed E-state index contributed by atoms with van der Waals surface area (Å²) >= 11 is 0. The van der Waals surface area contributed by atoms with Crippen molar-refractivity contribution in [2.45, 2.75) is 12.8 Å². The van der Waals surface area contributed by atoms with Crippen molar-refractivity contribution in [1.29, 1.82) is 0 Å². The maximum absolute atomic E-state index is 4.03. The van der Waals surface area contributed by atoms with Gasteiger partial charge in [-0.1, -0.05) is 24.8 Å². The Labute approximate surface area is 73.2 Å². The Morgan fingerprint density at radius 3 is 3.00 bits per heavy atom. The first kappa shape index (κ1) is 8.78. The third kappa shape index (κ3) is 2.09. The molecule has 0 unspecified atom stereocenters. The minimum atomic E-state index is 0.961. The van der Waals surface area contributed by atoms with E-state index in [0.29, 0.717) is 0 Å². The van der Waals surface area contributed by atoms with Gasteiger partial charge in [0.15, 0.2) is 0 Å². The molecule has 1 aromatic rings. The zero-order chi connectivity index (χ0) is 8.97. The van der Waals surface area contributed by atoms with Crippen molar-refractivity contribution in [3.8, 4) is 0 Å². The zero-order valence-electron chi connectivity index (χ0n) is 7.45. The van der Waals surface area contributed by atoms with Gasteiger partial charge in [0.2, 0.25) is 0 Å². The van der Waals surface area contributed by atoms with Crippen LogP contribution in [0.3, 0.4) is 0 Å². The number of imidazole rings is 1. The lowest BCUT2D eigenvalue weighted by atomic mass is 10.1. The third-order valence-corrected chi connectivity index (χ3v) is 1.91. The molecule has 0 N–H and O–H groups in total. The summed E-state index contributed by atoms with van der Waals surface area (Å²) in [6.45, 7) is 7.52. The fraction of sp³-hybridized carbons (Fsp3) is 0.300. The van der Waals surface area contributed by atoms with E-state index in [0.717, 1.165) is 18.4 Å². The molecule has 1 aromatic heterocycles. The fourth-order valence-electron chi connectivity index (χ4n) is 1.02. The fourth-order valence-corrected chi connectivity index (χ4v) is 1.02. The van der Waals surface area contributed by atoms with Crippen molar-refractivity contribution < 1.29 is 0 Å². The summed E-state index contributed by atoms with van der Waals surface area (Å²) < 4.78 is 2.02. The second-order valence-corrected chi connectivity index (χ2v) is 2.86. The van der Waals surface area contributed by atoms with E-state index in [1.165, 1.54) is 5.69 Å². The molecule has 2 nitrogen and oxygen atoms in total. The summed E-state index contributed by atoms with van der Waals surface area (Å²) in [6, 6.07) is 0. The predicted molar refractivity (Wildman–Crippen MR) is 50.9 cm³/mol. The van der Waals surface area contributed by atoms with Gasteiger partial charge in [0.05, 0.1) is 6.33 Å². The molecule has 1 heterocycles. The lowest BCUT2D eigenvalue weighted by Crippen LogP contribution is -1.94. The summed E-state index contributed by atoms with van der Waals surface area (Å²) in [5.41, 5.74) is 2.31. The van der Waals surface area contributed by atoms with E-state index < -0.39 is 0 Å². The second-order valence-electron chi connectivity index (χ2n) is 2.86. The molecule has 2 heteroatoms. The molecule has 64 valence electrons. The van der Waals surface area contributed by atoms with Crippen LogP contribution in [0.5, 0.6) is 0 Å². The van der Waals surface area contributed by atoms with Crippen molar-refractivity contribution >= 4 is 0 Å². The summed E-state index contributed by atoms with van der Waals surface area (Å²) in [6.07, 6.45) is 7.45. The summed E-state index contributed by atoms with van der Waals surface area (Å²) in [7, 11) is 2.00. The first-order valence-corrected chi connectivity index (χ1v) is 3.99. The molecule has 12 heavy (non-hydrogen) atoms. The lowest BCUT2D eigenvalue weighted by molar-refractivity contribution is 0.801. The zero-order valence-corrected chi connectivity index (χ0v) is 7.45. The van der Waals surface area contributed by atoms with Crippen LogP contribution in [-0.2, 0) is 13.5 Å². The van der Waals surface area contributed by atoms with Crippen molar-refractivity contribution in [3.05, 3.63) is 43.0 Å². The van der Waals surface area contributed by atoms with Gasteiger partial charge in [0, 0.05) is 18.9 Å². The molecule has 0 fully saturated rings. The van der Waals surface area contributed by atoms with E-state index in [4.69, 9.17) is 0 Å². The summed E-state index contributed by atoms with van der Waals surface area (Å²) in [5, 5.41) is 0. The highest BCUT2D eigenvalue weighted by Crippen LogP contribution is 2.06. The molecule has 0 amide bonds. The van der Waals surface area contributed by atoms with E-state index in [9.17, 15) is 0 Å². The maximum atomic E-state index is 4.03. The van der Waals surface area contributed by atoms with Gasteiger partial charge < -0.3 is 4.57 Å². The number of allylic oxidation sites excluding steroid dienone is 2. The Morgan fingerprint density at radius 2 is 2.50 bits per heavy atom. The van der Waals surface area contributed by atoms with Crippen molar-refractivity contribution in [3.63, 3.8) is 0 Å². The second kappa shape index (κ2) is 3.90. The van der Waals surface area contributed by atoms with E-state index in [1.807, 2.05) is 24.1 Å². The van der Waals surface area contributed by atoms with E-state index in [2.05, 4.69) is 18.1 Å². The molecule has 0 spiro atoms. The molecule has 0 aromatic carbocycles. The van der Waals surface area contributed by atoms with Crippen LogP contribution in [0.4, 0.5) is 0 Å². The van der Waals surface area contributed by atoms with Crippen LogP contribution in [0.1, 0.15) is 12.1 Å². The molecule has 0 atom stereocenters. The van der Waals surface area contributed by atoms with Gasteiger partial charge in [0.25, 0.3) is 0 Å². The Hall–Kier alpha value is -1.31. The van der Waals surface area contributed by atoms with Gasteiger partial charge in [-0.25, -0.2) is 4.98 Å². The predicted octanol–water partition coefficient (Wildman–Crippen LogP) is 2.09. The molecule has 1 rings (SSSR count). The number of hydrogen-bond donors (Lipinski definition) is 0. The standard InChI is InChI=1S/C10H14N2/c1-4-9(2)5-6-10-7-11-8-12(10)3/h4,7-8H,1-2,5-6H2,3H3. The van der Waals surface area contributed by atoms with Crippen LogP contribution < -0.4 is 0 Å². The number of aromatic nitrogens is 2. The van der Waals surface area contributed by atoms with Gasteiger partial charge in [-0.05, 0) is 12.8 Å². The molecule has 0 radical (unpaired) electrons. The molecular formula is C10H14N2. The van der Waals surface area contributed by atoms with Crippen LogP contribution in [0.25, 0.3) is 0 Å². The van der Waals surface area contributed by atoms with E-state index >= 15 is 0 Å². The van der Waals surface area contributed by atoms with Crippen LogP contribution in [0, 0.1) is 0 Å². The lowest BCUT2D eigenvalue weighted by Gasteiger charge is -2.01. The average Bonchev–Trinajstić information content (AvgIpc) is 2.47. The van der Waals surface area contributed by atoms with Crippen molar-refractivity contribution in [2.75, 3.05) is 0 Å². The number of hydrogen-bond acceptors (Lipinski definition) is 1. The largest absolute Gasteiger partial charge is 0.338 e. The topological polar surface area (TPSA) is 17.8 Å². The Morgan fingerprint density at radius 1 is 1.75 bits per heavy atom. The molecule has 0 aliphatic carbocycles. The highest BCUT2D eigenvalue weighted by Gasteiger charge is 1.97. The quantitative estimate of drug-likeness (QED) is 0.620. The molecular weight excluding hydrogens is 148 g/mol. The first-order chi connectivity index (χ1) is 5.74. The first-order valence-electron chi connectivity index (χ1n) is 3.99. The Kier molecular flexibility index (Phi) is 2.86. The number of nitrogens with zero attached hydrogens (tertiary/aromatic N) is 2. The van der Waals surface area contributed by atoms with E-state index in [1.54, 1.807) is 6.08 Å². The van der Waals surface area contributed by atoms with Gasteiger partial charge >= 0.3 is 0 Å². The highest BCUT2D eigenvalue weighted by molar-refractivity contribution is 5.13. The van der Waals surface area contributed by atoms with Crippen LogP contribution in [0.15, 0.2) is 37.3 Å². The number of aryl methyl sites for hydroxylation is 2. The third-order valence-electron chi connectivity index (χ3n) is 1.91. The average molecular weight is 162 g/mol. The molecule has 0 bridgehead atoms. The molecule has 0 saturated carbocycles. The SMILES string of the molecule is C=CC(=C)CCc1cncn1C. The van der Waals surface area contributed by atoms with Gasteiger partial charge in [-0.15, -0.1) is 0 Å². The number of rotatable bonds is 4. The smallest absolute Gasteiger partial charge is 0.0945 e. The van der Waals surface area contributed by atoms with Crippen LogP contribution in [-0.4, -0.2) is 9.55 Å². The van der Waals surface area contributed by atoms with Crippen molar-refractivity contribution in [1.82, 2.24) is 9.55 Å². The Balaban J connectivity index is 2.48. The monoisotopic (exact) mass is 162 g/mol. The maximum Gasteiger partial charge on any atom is 0.0945 e. The summed E-state index contributed by atoms with van der Waals surface area (Å²) in [4.78, 5) is 4.03. The molecule has 0 aliphatic heterocycles. The minimum Gasteiger partial charge on any atom is -0.338 e.